The van der Waals surface area contributed by atoms with E-state index in [1.54, 1.807) is 4.90 Å². The topological polar surface area (TPSA) is 235 Å². The minimum atomic E-state index is -1.61. The van der Waals surface area contributed by atoms with Gasteiger partial charge in [-0.1, -0.05) is 76.0 Å². The molecule has 16 heteroatoms. The summed E-state index contributed by atoms with van der Waals surface area (Å²) in [6, 6.07) is 15.3. The number of hydrogen-bond acceptors (Lipinski definition) is 9. The average molecular weight is 607 g/mol. The molecule has 1 saturated heterocycles. The third kappa shape index (κ3) is 8.10. The number of aliphatic hydroxyl groups excluding tert-OH is 2. The lowest BCUT2D eigenvalue weighted by molar-refractivity contribution is -0.259. The highest BCUT2D eigenvalue weighted by molar-refractivity contribution is 5.68. The third-order valence-electron chi connectivity index (χ3n) is 7.87. The van der Waals surface area contributed by atoms with Gasteiger partial charge in [0.25, 0.3) is 0 Å². The largest absolute Gasteiger partial charge is 0.445 e. The standard InChI is InChI=1S/C28H34N10O6/c1-17(38(15-18-8-4-2-5-9-18)28(41)42-16-19-10-6-3-7-11-19)23-13-12-20(32-35-29)27(43-23)44-26-22(34-37-31)14-21(33-36-30)24(39)25(26)40/h2-11,17,20-27,39-40H,12-16H2,1H3/t17-,20?,21-,22+,23+,24+,25-,26-,27-/m1/s1. The van der Waals surface area contributed by atoms with Crippen molar-refractivity contribution in [3.63, 3.8) is 0 Å². The Kier molecular flexibility index (Phi) is 11.6. The van der Waals surface area contributed by atoms with E-state index >= 15 is 0 Å². The van der Waals surface area contributed by atoms with Crippen LogP contribution in [0.3, 0.4) is 0 Å². The van der Waals surface area contributed by atoms with Crippen LogP contribution in [0.1, 0.15) is 37.3 Å². The zero-order chi connectivity index (χ0) is 31.5. The van der Waals surface area contributed by atoms with Gasteiger partial charge in [-0.3, -0.25) is 4.90 Å². The molecule has 1 saturated carbocycles. The highest BCUT2D eigenvalue weighted by Crippen LogP contribution is 2.34. The van der Waals surface area contributed by atoms with Crippen molar-refractivity contribution in [2.45, 2.75) is 94.2 Å². The minimum Gasteiger partial charge on any atom is -0.445 e. The second-order valence-electron chi connectivity index (χ2n) is 10.6. The summed E-state index contributed by atoms with van der Waals surface area (Å²) >= 11 is 0. The molecule has 1 aliphatic heterocycles. The van der Waals surface area contributed by atoms with Gasteiger partial charge in [0.15, 0.2) is 6.29 Å². The van der Waals surface area contributed by atoms with Crippen LogP contribution < -0.4 is 0 Å². The summed E-state index contributed by atoms with van der Waals surface area (Å²) < 4.78 is 18.0. The van der Waals surface area contributed by atoms with E-state index in [1.165, 1.54) is 0 Å². The van der Waals surface area contributed by atoms with Crippen molar-refractivity contribution in [2.24, 2.45) is 15.3 Å². The molecule has 2 fully saturated rings. The van der Waals surface area contributed by atoms with E-state index in [2.05, 4.69) is 30.1 Å². The molecule has 0 bridgehead atoms. The van der Waals surface area contributed by atoms with Crippen molar-refractivity contribution in [3.05, 3.63) is 103 Å². The Labute approximate surface area is 253 Å². The molecule has 4 rings (SSSR count). The number of azide groups is 3. The second-order valence-corrected chi connectivity index (χ2v) is 10.6. The van der Waals surface area contributed by atoms with Gasteiger partial charge in [0.05, 0.1) is 42.5 Å². The molecule has 2 aromatic rings. The maximum absolute atomic E-state index is 13.5. The summed E-state index contributed by atoms with van der Waals surface area (Å²) in [7, 11) is 0. The van der Waals surface area contributed by atoms with Crippen LogP contribution in [-0.2, 0) is 27.4 Å². The highest BCUT2D eigenvalue weighted by atomic mass is 16.7. The minimum absolute atomic E-state index is 0.0768. The van der Waals surface area contributed by atoms with Gasteiger partial charge in [-0.15, -0.1) is 0 Å². The van der Waals surface area contributed by atoms with Crippen molar-refractivity contribution in [3.8, 4) is 0 Å². The van der Waals surface area contributed by atoms with Crippen molar-refractivity contribution < 1.29 is 29.2 Å². The molecule has 0 radical (unpaired) electrons. The van der Waals surface area contributed by atoms with E-state index in [4.69, 9.17) is 25.3 Å². The number of carbonyl (C=O) groups excluding carboxylic acids is 1. The normalized spacial score (nSPS) is 28.7. The average Bonchev–Trinajstić information content (AvgIpc) is 3.04. The molecule has 0 spiro atoms. The number of rotatable bonds is 11. The van der Waals surface area contributed by atoms with E-state index in [0.717, 1.165) is 11.1 Å². The Bertz CT molecular complexity index is 1380. The van der Waals surface area contributed by atoms with Gasteiger partial charge in [0.1, 0.15) is 12.7 Å². The van der Waals surface area contributed by atoms with Gasteiger partial charge >= 0.3 is 6.09 Å². The first kappa shape index (κ1) is 32.4. The summed E-state index contributed by atoms with van der Waals surface area (Å²) in [5, 5.41) is 32.4. The first-order valence-electron chi connectivity index (χ1n) is 14.2. The number of nitrogens with zero attached hydrogens (tertiary/aromatic N) is 10. The second kappa shape index (κ2) is 15.8. The first-order chi connectivity index (χ1) is 21.4. The van der Waals surface area contributed by atoms with Gasteiger partial charge < -0.3 is 24.4 Å². The summed E-state index contributed by atoms with van der Waals surface area (Å²) in [6.07, 6.45) is -6.13. The summed E-state index contributed by atoms with van der Waals surface area (Å²) in [5.41, 5.74) is 28.9. The smallest absolute Gasteiger partial charge is 0.410 e. The van der Waals surface area contributed by atoms with Crippen LogP contribution in [0.2, 0.25) is 0 Å². The predicted octanol–water partition coefficient (Wildman–Crippen LogP) is 5.27. The predicted molar refractivity (Wildman–Crippen MR) is 156 cm³/mol. The van der Waals surface area contributed by atoms with E-state index in [1.807, 2.05) is 67.6 Å². The molecule has 1 unspecified atom stereocenters. The van der Waals surface area contributed by atoms with Crippen molar-refractivity contribution in [1.29, 1.82) is 0 Å². The molecule has 1 aliphatic carbocycles. The maximum Gasteiger partial charge on any atom is 0.410 e. The van der Waals surface area contributed by atoms with Crippen LogP contribution in [0.15, 0.2) is 76.0 Å². The van der Waals surface area contributed by atoms with Crippen molar-refractivity contribution >= 4 is 6.09 Å². The quantitative estimate of drug-likeness (QED) is 0.196. The Morgan fingerprint density at radius 2 is 1.50 bits per heavy atom. The molecule has 0 aromatic heterocycles. The fraction of sp³-hybridized carbons (Fsp3) is 0.536. The zero-order valence-corrected chi connectivity index (χ0v) is 24.0. The van der Waals surface area contributed by atoms with Gasteiger partial charge in [-0.25, -0.2) is 4.79 Å². The lowest BCUT2D eigenvalue weighted by atomic mass is 9.84. The molecule has 44 heavy (non-hydrogen) atoms. The van der Waals surface area contributed by atoms with Crippen LogP contribution in [0.4, 0.5) is 4.79 Å². The van der Waals surface area contributed by atoms with E-state index in [0.29, 0.717) is 12.8 Å². The molecular weight excluding hydrogens is 572 g/mol. The fourth-order valence-corrected chi connectivity index (χ4v) is 5.47. The molecule has 2 aromatic carbocycles. The van der Waals surface area contributed by atoms with Gasteiger partial charge in [-0.2, -0.15) is 0 Å². The molecule has 1 amide bonds. The van der Waals surface area contributed by atoms with Gasteiger partial charge in [0, 0.05) is 21.3 Å². The Balaban J connectivity index is 1.55. The van der Waals surface area contributed by atoms with Crippen LogP contribution in [0.25, 0.3) is 31.3 Å². The molecule has 2 N–H and O–H groups in total. The van der Waals surface area contributed by atoms with E-state index in [9.17, 15) is 20.5 Å². The monoisotopic (exact) mass is 606 g/mol. The van der Waals surface area contributed by atoms with Crippen molar-refractivity contribution in [1.82, 2.24) is 4.90 Å². The lowest BCUT2D eigenvalue weighted by Crippen LogP contribution is -2.58. The molecule has 232 valence electrons. The Morgan fingerprint density at radius 3 is 2.14 bits per heavy atom. The number of ether oxygens (including phenoxy) is 3. The molecule has 16 nitrogen and oxygen atoms in total. The summed E-state index contributed by atoms with van der Waals surface area (Å²) in [4.78, 5) is 23.4. The maximum atomic E-state index is 13.5. The van der Waals surface area contributed by atoms with Gasteiger partial charge in [-0.05, 0) is 53.9 Å². The highest BCUT2D eigenvalue weighted by Gasteiger charge is 2.47. The van der Waals surface area contributed by atoms with Crippen LogP contribution in [0.5, 0.6) is 0 Å². The Hall–Kier alpha value is -4.52. The fourth-order valence-electron chi connectivity index (χ4n) is 5.47. The van der Waals surface area contributed by atoms with Crippen LogP contribution >= 0.6 is 0 Å². The number of hydrogen-bond donors (Lipinski definition) is 2. The zero-order valence-electron chi connectivity index (χ0n) is 24.0. The lowest BCUT2D eigenvalue weighted by Gasteiger charge is -2.45. The molecular formula is C28H34N10O6. The molecule has 9 atom stereocenters. The number of carbonyl (C=O) groups is 1. The number of amides is 1. The molecule has 1 heterocycles. The SMILES string of the molecule is C[C@H]([C@@H]1CCC(N=[N+]=[N-])[C@@H](O[C@H]2[C@H](O)[C@@H](O)[C@H](N=[N+]=[N-])C[C@@H]2N=[N+]=[N-])O1)N(Cc1ccccc1)C(=O)OCc1ccccc1. The summed E-state index contributed by atoms with van der Waals surface area (Å²) in [5.74, 6) is 0. The van der Waals surface area contributed by atoms with E-state index in [-0.39, 0.29) is 19.6 Å². The Morgan fingerprint density at radius 1 is 0.909 bits per heavy atom. The molecule has 2 aliphatic rings. The van der Waals surface area contributed by atoms with Gasteiger partial charge in [0.2, 0.25) is 0 Å². The van der Waals surface area contributed by atoms with Crippen LogP contribution in [0, 0.1) is 0 Å². The first-order valence-corrected chi connectivity index (χ1v) is 14.2. The number of aliphatic hydroxyl groups is 2. The third-order valence-corrected chi connectivity index (χ3v) is 7.87. The summed E-state index contributed by atoms with van der Waals surface area (Å²) in [6.45, 7) is 2.12. The number of benzene rings is 2. The van der Waals surface area contributed by atoms with Crippen molar-refractivity contribution in [2.75, 3.05) is 0 Å². The van der Waals surface area contributed by atoms with Crippen LogP contribution in [-0.4, -0.2) is 76.1 Å². The van der Waals surface area contributed by atoms with E-state index < -0.39 is 61.0 Å².